The number of nitrogens with zero attached hydrogens (tertiary/aromatic N) is 4. The van der Waals surface area contributed by atoms with E-state index < -0.39 is 11.1 Å². The van der Waals surface area contributed by atoms with Crippen molar-refractivity contribution >= 4 is 22.6 Å². The number of aromatic amines is 2. The summed E-state index contributed by atoms with van der Waals surface area (Å²) < 4.78 is 18.4. The van der Waals surface area contributed by atoms with Crippen molar-refractivity contribution in [2.24, 2.45) is 5.41 Å². The Morgan fingerprint density at radius 3 is 2.82 bits per heavy atom. The molecule has 2 aromatic heterocycles. The maximum absolute atomic E-state index is 14.2. The number of aromatic nitrogens is 5. The quantitative estimate of drug-likeness (QED) is 0.559. The normalized spacial score (nSPS) is 15.3. The minimum absolute atomic E-state index is 0.0779. The van der Waals surface area contributed by atoms with Gasteiger partial charge >= 0.3 is 5.69 Å². The second-order valence-corrected chi connectivity index (χ2v) is 7.57. The van der Waals surface area contributed by atoms with Gasteiger partial charge in [-0.3, -0.25) is 9.78 Å². The number of anilines is 1. The van der Waals surface area contributed by atoms with Gasteiger partial charge < -0.3 is 10.2 Å². The van der Waals surface area contributed by atoms with Crippen LogP contribution < -0.4 is 15.9 Å². The maximum atomic E-state index is 14.2. The number of nitrogens with one attached hydrogen (secondary N) is 3. The van der Waals surface area contributed by atoms with Crippen LogP contribution in [0.4, 0.5) is 9.52 Å². The molecular weight excluding hydrogens is 385 g/mol. The SMILES string of the molecule is Cc1nsc(N2CC(Cc3ccccc3F)(C(=O)NCc3n[nH]c(=O)[nH]3)C2)n1. The number of halogens is 1. The van der Waals surface area contributed by atoms with E-state index in [-0.39, 0.29) is 24.7 Å². The zero-order chi connectivity index (χ0) is 19.7. The summed E-state index contributed by atoms with van der Waals surface area (Å²) in [6.07, 6.45) is 0.261. The monoisotopic (exact) mass is 403 g/mol. The molecule has 3 heterocycles. The number of carbonyl (C=O) groups is 1. The highest BCUT2D eigenvalue weighted by atomic mass is 32.1. The van der Waals surface area contributed by atoms with Crippen LogP contribution in [0.15, 0.2) is 29.1 Å². The number of aryl methyl sites for hydroxylation is 1. The molecule has 1 amide bonds. The van der Waals surface area contributed by atoms with Crippen molar-refractivity contribution in [2.45, 2.75) is 19.9 Å². The molecule has 0 saturated carbocycles. The van der Waals surface area contributed by atoms with Crippen LogP contribution in [-0.2, 0) is 17.8 Å². The number of carbonyl (C=O) groups excluding carboxylic acids is 1. The largest absolute Gasteiger partial charge is 0.348 e. The van der Waals surface area contributed by atoms with Gasteiger partial charge in [0.15, 0.2) is 0 Å². The number of rotatable bonds is 6. The van der Waals surface area contributed by atoms with Gasteiger partial charge in [-0.05, 0) is 25.0 Å². The van der Waals surface area contributed by atoms with Gasteiger partial charge in [-0.25, -0.2) is 19.3 Å². The lowest BCUT2D eigenvalue weighted by Gasteiger charge is -2.48. The molecule has 3 N–H and O–H groups in total. The van der Waals surface area contributed by atoms with Crippen LogP contribution in [0.3, 0.4) is 0 Å². The second-order valence-electron chi connectivity index (χ2n) is 6.84. The second kappa shape index (κ2) is 7.15. The third kappa shape index (κ3) is 3.52. The van der Waals surface area contributed by atoms with Gasteiger partial charge in [0.25, 0.3) is 0 Å². The number of hydrogen-bond donors (Lipinski definition) is 3. The summed E-state index contributed by atoms with van der Waals surface area (Å²) in [6.45, 7) is 2.69. The number of benzene rings is 1. The third-order valence-electron chi connectivity index (χ3n) is 4.71. The van der Waals surface area contributed by atoms with E-state index in [1.165, 1.54) is 17.6 Å². The van der Waals surface area contributed by atoms with Crippen LogP contribution >= 0.6 is 11.5 Å². The summed E-state index contributed by atoms with van der Waals surface area (Å²) in [6, 6.07) is 6.45. The van der Waals surface area contributed by atoms with Crippen LogP contribution in [0.5, 0.6) is 0 Å². The van der Waals surface area contributed by atoms with E-state index in [9.17, 15) is 14.0 Å². The van der Waals surface area contributed by atoms with E-state index in [4.69, 9.17) is 0 Å². The van der Waals surface area contributed by atoms with Crippen molar-refractivity contribution in [2.75, 3.05) is 18.0 Å². The molecule has 0 radical (unpaired) electrons. The van der Waals surface area contributed by atoms with Crippen molar-refractivity contribution in [1.29, 1.82) is 0 Å². The average molecular weight is 403 g/mol. The van der Waals surface area contributed by atoms with Crippen LogP contribution in [0.25, 0.3) is 0 Å². The fraction of sp³-hybridized carbons (Fsp3) is 0.353. The Kier molecular flexibility index (Phi) is 4.67. The fourth-order valence-corrected chi connectivity index (χ4v) is 3.99. The van der Waals surface area contributed by atoms with Gasteiger partial charge in [0.05, 0.1) is 12.0 Å². The Morgan fingerprint density at radius 1 is 1.39 bits per heavy atom. The maximum Gasteiger partial charge on any atom is 0.340 e. The lowest BCUT2D eigenvalue weighted by atomic mass is 9.74. The van der Waals surface area contributed by atoms with Gasteiger partial charge in [0.2, 0.25) is 11.0 Å². The van der Waals surface area contributed by atoms with Gasteiger partial charge in [0, 0.05) is 24.6 Å². The molecule has 28 heavy (non-hydrogen) atoms. The van der Waals surface area contributed by atoms with Gasteiger partial charge in [0.1, 0.15) is 17.5 Å². The summed E-state index contributed by atoms with van der Waals surface area (Å²) in [7, 11) is 0. The highest BCUT2D eigenvalue weighted by molar-refractivity contribution is 7.09. The first-order valence-electron chi connectivity index (χ1n) is 8.66. The molecule has 9 nitrogen and oxygen atoms in total. The zero-order valence-electron chi connectivity index (χ0n) is 15.0. The lowest BCUT2D eigenvalue weighted by Crippen LogP contribution is -2.64. The fourth-order valence-electron chi connectivity index (χ4n) is 3.32. The molecule has 1 saturated heterocycles. The number of H-pyrrole nitrogens is 2. The molecule has 0 unspecified atom stereocenters. The highest BCUT2D eigenvalue weighted by Gasteiger charge is 2.50. The molecule has 1 aliphatic heterocycles. The Bertz CT molecular complexity index is 1050. The first-order valence-corrected chi connectivity index (χ1v) is 9.43. The van der Waals surface area contributed by atoms with E-state index in [1.54, 1.807) is 18.2 Å². The van der Waals surface area contributed by atoms with Gasteiger partial charge in [-0.2, -0.15) is 9.47 Å². The van der Waals surface area contributed by atoms with Crippen molar-refractivity contribution in [3.63, 3.8) is 0 Å². The molecule has 1 aromatic carbocycles. The van der Waals surface area contributed by atoms with Crippen molar-refractivity contribution in [3.8, 4) is 0 Å². The van der Waals surface area contributed by atoms with Crippen molar-refractivity contribution in [1.82, 2.24) is 29.9 Å². The molecular formula is C17H18FN7O2S. The third-order valence-corrected chi connectivity index (χ3v) is 5.58. The number of amides is 1. The van der Waals surface area contributed by atoms with Crippen LogP contribution in [-0.4, -0.2) is 43.5 Å². The molecule has 0 atom stereocenters. The molecule has 146 valence electrons. The molecule has 11 heteroatoms. The van der Waals surface area contributed by atoms with Crippen LogP contribution in [0.2, 0.25) is 0 Å². The Hall–Kier alpha value is -3.08. The molecule has 1 aliphatic rings. The topological polar surface area (TPSA) is 120 Å². The van der Waals surface area contributed by atoms with Crippen LogP contribution in [0, 0.1) is 18.2 Å². The van der Waals surface area contributed by atoms with Crippen molar-refractivity contribution < 1.29 is 9.18 Å². The van der Waals surface area contributed by atoms with E-state index in [1.807, 2.05) is 11.8 Å². The Balaban J connectivity index is 1.52. The summed E-state index contributed by atoms with van der Waals surface area (Å²) in [4.78, 5) is 32.9. The standard InChI is InChI=1S/C17H18FN7O2S/c1-10-20-16(28-24-10)25-8-17(9-25,6-11-4-2-3-5-12(11)18)14(26)19-7-13-21-15(27)23-22-13/h2-5H,6-9H2,1H3,(H,19,26)(H2,21,22,23,27). The molecule has 1 fully saturated rings. The average Bonchev–Trinajstić information content (AvgIpc) is 3.25. The van der Waals surface area contributed by atoms with Gasteiger partial charge in [-0.15, -0.1) is 0 Å². The summed E-state index contributed by atoms with van der Waals surface area (Å²) in [5.41, 5.74) is -0.760. The minimum atomic E-state index is -0.807. The van der Waals surface area contributed by atoms with E-state index in [0.717, 1.165) is 5.13 Å². The predicted octanol–water partition coefficient (Wildman–Crippen LogP) is 0.763. The van der Waals surface area contributed by atoms with E-state index in [0.29, 0.717) is 30.3 Å². The number of hydrogen-bond acceptors (Lipinski definition) is 7. The molecule has 0 spiro atoms. The minimum Gasteiger partial charge on any atom is -0.348 e. The smallest absolute Gasteiger partial charge is 0.340 e. The molecule has 3 aromatic rings. The Morgan fingerprint density at radius 2 is 2.18 bits per heavy atom. The predicted molar refractivity (Wildman–Crippen MR) is 100 cm³/mol. The summed E-state index contributed by atoms with van der Waals surface area (Å²) in [5.74, 6) is 0.447. The van der Waals surface area contributed by atoms with E-state index >= 15 is 0 Å². The molecule has 0 aliphatic carbocycles. The van der Waals surface area contributed by atoms with E-state index in [2.05, 4.69) is 29.9 Å². The summed E-state index contributed by atoms with van der Waals surface area (Å²) >= 11 is 1.27. The molecule has 4 rings (SSSR count). The van der Waals surface area contributed by atoms with Crippen molar-refractivity contribution in [3.05, 3.63) is 57.8 Å². The highest BCUT2D eigenvalue weighted by Crippen LogP contribution is 2.38. The molecule has 0 bridgehead atoms. The first kappa shape index (κ1) is 18.3. The van der Waals surface area contributed by atoms with Gasteiger partial charge in [-0.1, -0.05) is 18.2 Å². The lowest BCUT2D eigenvalue weighted by molar-refractivity contribution is -0.132. The summed E-state index contributed by atoms with van der Waals surface area (Å²) in [5, 5.41) is 9.58. The zero-order valence-corrected chi connectivity index (χ0v) is 15.8. The van der Waals surface area contributed by atoms with Crippen LogP contribution in [0.1, 0.15) is 17.2 Å². The first-order chi connectivity index (χ1) is 13.4. The Labute approximate surface area is 163 Å².